The van der Waals surface area contributed by atoms with E-state index >= 15 is 0 Å². The van der Waals surface area contributed by atoms with Crippen molar-refractivity contribution in [3.63, 3.8) is 0 Å². The highest BCUT2D eigenvalue weighted by atomic mass is 15.2. The first-order valence-corrected chi connectivity index (χ1v) is 9.04. The number of rotatable bonds is 2. The summed E-state index contributed by atoms with van der Waals surface area (Å²) >= 11 is 0. The quantitative estimate of drug-likeness (QED) is 0.716. The maximum Gasteiger partial charge on any atom is 0.0646 e. The number of aryl methyl sites for hydroxylation is 1. The van der Waals surface area contributed by atoms with Gasteiger partial charge in [-0.1, -0.05) is 42.2 Å². The number of hydrogen-bond acceptors (Lipinski definition) is 3. The lowest BCUT2D eigenvalue weighted by atomic mass is 9.94. The highest BCUT2D eigenvalue weighted by molar-refractivity contribution is 5.71. The Morgan fingerprint density at radius 3 is 2.59 bits per heavy atom. The first kappa shape index (κ1) is 17.1. The van der Waals surface area contributed by atoms with E-state index in [9.17, 15) is 0 Å². The molecule has 2 aromatic carbocycles. The molecule has 1 aromatic heterocycles. The molecule has 4 nitrogen and oxygen atoms in total. The Morgan fingerprint density at radius 1 is 1.07 bits per heavy atom. The third-order valence-electron chi connectivity index (χ3n) is 4.72. The number of anilines is 1. The van der Waals surface area contributed by atoms with Crippen LogP contribution in [0.2, 0.25) is 0 Å². The number of benzene rings is 2. The van der Waals surface area contributed by atoms with Gasteiger partial charge in [-0.3, -0.25) is 4.68 Å². The number of fused-ring (bicyclic) bond motifs is 1. The fraction of sp³-hybridized carbons (Fsp3) is 0.174. The van der Waals surface area contributed by atoms with Gasteiger partial charge < -0.3 is 10.6 Å². The average Bonchev–Trinajstić information content (AvgIpc) is 3.11. The van der Waals surface area contributed by atoms with Crippen LogP contribution >= 0.6 is 0 Å². The van der Waals surface area contributed by atoms with Crippen molar-refractivity contribution < 1.29 is 0 Å². The van der Waals surface area contributed by atoms with Crippen molar-refractivity contribution in [3.8, 4) is 11.8 Å². The first-order chi connectivity index (χ1) is 13.1. The van der Waals surface area contributed by atoms with E-state index in [-0.39, 0.29) is 6.04 Å². The Kier molecular flexibility index (Phi) is 4.53. The van der Waals surface area contributed by atoms with Crippen molar-refractivity contribution in [2.45, 2.75) is 19.5 Å². The standard InChI is InChI=1S/C23H22N4/c1-17(24)23-13-20-8-6-7-19(12-11-18-14-25-26(2)15-18)22(20)16-27(23)21-9-4-3-5-10-21/h3-10,13-15,17H,16,24H2,1-2H3/t17-/m0/s1. The van der Waals surface area contributed by atoms with E-state index in [1.165, 1.54) is 11.1 Å². The van der Waals surface area contributed by atoms with Crippen molar-refractivity contribution in [3.05, 3.63) is 88.9 Å². The number of nitrogens with zero attached hydrogens (tertiary/aromatic N) is 3. The summed E-state index contributed by atoms with van der Waals surface area (Å²) in [6, 6.07) is 16.6. The van der Waals surface area contributed by atoms with Crippen molar-refractivity contribution in [2.24, 2.45) is 12.8 Å². The highest BCUT2D eigenvalue weighted by Crippen LogP contribution is 2.32. The van der Waals surface area contributed by atoms with Crippen LogP contribution in [-0.2, 0) is 13.6 Å². The summed E-state index contributed by atoms with van der Waals surface area (Å²) in [6.07, 6.45) is 5.89. The number of aromatic nitrogens is 2. The maximum atomic E-state index is 6.28. The van der Waals surface area contributed by atoms with Crippen molar-refractivity contribution in [1.82, 2.24) is 9.78 Å². The van der Waals surface area contributed by atoms with E-state index in [1.807, 2.05) is 26.2 Å². The predicted molar refractivity (Wildman–Crippen MR) is 110 cm³/mol. The van der Waals surface area contributed by atoms with Crippen LogP contribution in [0.3, 0.4) is 0 Å². The predicted octanol–water partition coefficient (Wildman–Crippen LogP) is 3.53. The molecule has 1 aliphatic rings. The molecule has 27 heavy (non-hydrogen) atoms. The largest absolute Gasteiger partial charge is 0.339 e. The SMILES string of the molecule is C[C@H](N)C1=Cc2cccc(C#Cc3cnn(C)c3)c2CN1c1ccccc1. The second-order valence-corrected chi connectivity index (χ2v) is 6.81. The molecular weight excluding hydrogens is 332 g/mol. The van der Waals surface area contributed by atoms with Crippen LogP contribution in [0.15, 0.2) is 66.6 Å². The number of hydrogen-bond donors (Lipinski definition) is 1. The van der Waals surface area contributed by atoms with Crippen LogP contribution < -0.4 is 10.6 Å². The summed E-state index contributed by atoms with van der Waals surface area (Å²) in [5, 5.41) is 4.18. The van der Waals surface area contributed by atoms with Gasteiger partial charge >= 0.3 is 0 Å². The Balaban J connectivity index is 1.77. The smallest absolute Gasteiger partial charge is 0.0646 e. The second kappa shape index (κ2) is 7.14. The molecule has 0 spiro atoms. The molecular formula is C23H22N4. The van der Waals surface area contributed by atoms with Gasteiger partial charge in [-0.25, -0.2) is 0 Å². The van der Waals surface area contributed by atoms with Gasteiger partial charge in [0.1, 0.15) is 0 Å². The van der Waals surface area contributed by atoms with E-state index in [1.54, 1.807) is 10.9 Å². The fourth-order valence-corrected chi connectivity index (χ4v) is 3.37. The maximum absolute atomic E-state index is 6.28. The molecule has 3 aromatic rings. The highest BCUT2D eigenvalue weighted by Gasteiger charge is 2.23. The Morgan fingerprint density at radius 2 is 1.89 bits per heavy atom. The van der Waals surface area contributed by atoms with E-state index in [0.717, 1.165) is 29.1 Å². The van der Waals surface area contributed by atoms with Crippen LogP contribution in [0.4, 0.5) is 5.69 Å². The summed E-state index contributed by atoms with van der Waals surface area (Å²) in [6.45, 7) is 2.78. The molecule has 2 heterocycles. The van der Waals surface area contributed by atoms with Crippen molar-refractivity contribution in [2.75, 3.05) is 4.90 Å². The van der Waals surface area contributed by atoms with Gasteiger partial charge in [0.25, 0.3) is 0 Å². The normalized spacial score (nSPS) is 14.0. The monoisotopic (exact) mass is 354 g/mol. The first-order valence-electron chi connectivity index (χ1n) is 9.04. The van der Waals surface area contributed by atoms with E-state index < -0.39 is 0 Å². The molecule has 0 amide bonds. The lowest BCUT2D eigenvalue weighted by Crippen LogP contribution is -2.35. The minimum atomic E-state index is -0.0523. The number of para-hydroxylation sites is 1. The lowest BCUT2D eigenvalue weighted by Gasteiger charge is -2.34. The molecule has 0 saturated carbocycles. The van der Waals surface area contributed by atoms with Gasteiger partial charge in [0.2, 0.25) is 0 Å². The zero-order valence-electron chi connectivity index (χ0n) is 15.6. The average molecular weight is 354 g/mol. The molecule has 1 aliphatic heterocycles. The number of nitrogens with two attached hydrogens (primary N) is 1. The van der Waals surface area contributed by atoms with Gasteiger partial charge in [-0.15, -0.1) is 0 Å². The molecule has 0 saturated heterocycles. The Labute approximate surface area is 159 Å². The Bertz CT molecular complexity index is 1050. The summed E-state index contributed by atoms with van der Waals surface area (Å²) in [5.74, 6) is 6.55. The van der Waals surface area contributed by atoms with Crippen LogP contribution in [-0.4, -0.2) is 15.8 Å². The van der Waals surface area contributed by atoms with Gasteiger partial charge in [-0.05, 0) is 42.3 Å². The third kappa shape index (κ3) is 3.51. The molecule has 0 bridgehead atoms. The molecule has 0 fully saturated rings. The molecule has 134 valence electrons. The second-order valence-electron chi connectivity index (χ2n) is 6.81. The van der Waals surface area contributed by atoms with Gasteiger partial charge in [0.05, 0.1) is 11.8 Å². The molecule has 4 rings (SSSR count). The molecule has 0 radical (unpaired) electrons. The molecule has 0 unspecified atom stereocenters. The van der Waals surface area contributed by atoms with Crippen LogP contribution in [0, 0.1) is 11.8 Å². The molecule has 2 N–H and O–H groups in total. The van der Waals surface area contributed by atoms with Crippen molar-refractivity contribution >= 4 is 11.8 Å². The minimum Gasteiger partial charge on any atom is -0.339 e. The fourth-order valence-electron chi connectivity index (χ4n) is 3.37. The summed E-state index contributed by atoms with van der Waals surface area (Å²) < 4.78 is 1.76. The summed E-state index contributed by atoms with van der Waals surface area (Å²) in [5.41, 5.74) is 12.9. The lowest BCUT2D eigenvalue weighted by molar-refractivity contribution is 0.767. The van der Waals surface area contributed by atoms with E-state index in [0.29, 0.717) is 0 Å². The summed E-state index contributed by atoms with van der Waals surface area (Å²) in [7, 11) is 1.90. The molecule has 0 aliphatic carbocycles. The van der Waals surface area contributed by atoms with E-state index in [4.69, 9.17) is 5.73 Å². The zero-order valence-corrected chi connectivity index (χ0v) is 15.6. The van der Waals surface area contributed by atoms with Gasteiger partial charge in [-0.2, -0.15) is 5.10 Å². The van der Waals surface area contributed by atoms with Crippen molar-refractivity contribution in [1.29, 1.82) is 0 Å². The van der Waals surface area contributed by atoms with Crippen LogP contribution in [0.25, 0.3) is 6.08 Å². The topological polar surface area (TPSA) is 47.1 Å². The molecule has 1 atom stereocenters. The van der Waals surface area contributed by atoms with Gasteiger partial charge in [0, 0.05) is 42.8 Å². The van der Waals surface area contributed by atoms with Crippen LogP contribution in [0.1, 0.15) is 29.2 Å². The van der Waals surface area contributed by atoms with E-state index in [2.05, 4.69) is 70.4 Å². The Hall–Kier alpha value is -3.29. The van der Waals surface area contributed by atoms with Crippen LogP contribution in [0.5, 0.6) is 0 Å². The zero-order chi connectivity index (χ0) is 18.8. The molecule has 4 heteroatoms. The van der Waals surface area contributed by atoms with Gasteiger partial charge in [0.15, 0.2) is 0 Å². The third-order valence-corrected chi connectivity index (χ3v) is 4.72. The summed E-state index contributed by atoms with van der Waals surface area (Å²) in [4.78, 5) is 2.28. The minimum absolute atomic E-state index is 0.0523.